The van der Waals surface area contributed by atoms with Crippen molar-refractivity contribution in [3.63, 3.8) is 0 Å². The molecule has 0 bridgehead atoms. The third-order valence-electron chi connectivity index (χ3n) is 3.83. The summed E-state index contributed by atoms with van der Waals surface area (Å²) in [5.41, 5.74) is 2.56. The number of carbonyl (C=O) groups excluding carboxylic acids is 1. The van der Waals surface area contributed by atoms with Gasteiger partial charge in [-0.25, -0.2) is 0 Å². The molecular formula is C19H19N3O3. The molecule has 1 aromatic heterocycles. The zero-order chi connectivity index (χ0) is 17.8. The van der Waals surface area contributed by atoms with E-state index in [4.69, 9.17) is 9.26 Å². The molecule has 0 aliphatic heterocycles. The van der Waals surface area contributed by atoms with Crippen LogP contribution in [0.3, 0.4) is 0 Å². The number of benzene rings is 2. The van der Waals surface area contributed by atoms with Gasteiger partial charge in [0.05, 0.1) is 13.7 Å². The Bertz CT molecular complexity index is 854. The van der Waals surface area contributed by atoms with E-state index < -0.39 is 0 Å². The van der Waals surface area contributed by atoms with Gasteiger partial charge in [0.1, 0.15) is 5.75 Å². The Balaban J connectivity index is 1.69. The lowest BCUT2D eigenvalue weighted by Gasteiger charge is -2.14. The maximum atomic E-state index is 12.4. The second-order valence-corrected chi connectivity index (χ2v) is 5.77. The number of methoxy groups -OCH3 is 1. The molecular weight excluding hydrogens is 318 g/mol. The minimum absolute atomic E-state index is 0.0933. The van der Waals surface area contributed by atoms with Gasteiger partial charge in [-0.3, -0.25) is 4.79 Å². The molecule has 0 fully saturated rings. The maximum Gasteiger partial charge on any atom is 0.254 e. The lowest BCUT2D eigenvalue weighted by atomic mass is 10.1. The molecule has 1 amide bonds. The molecule has 25 heavy (non-hydrogen) atoms. The molecule has 2 aromatic carbocycles. The lowest BCUT2D eigenvalue weighted by molar-refractivity contribution is 0.0769. The summed E-state index contributed by atoms with van der Waals surface area (Å²) in [5, 5.41) is 3.97. The fourth-order valence-corrected chi connectivity index (χ4v) is 2.37. The van der Waals surface area contributed by atoms with Crippen LogP contribution in [0.25, 0.3) is 11.4 Å². The predicted octanol–water partition coefficient (Wildman–Crippen LogP) is 3.33. The first-order valence-electron chi connectivity index (χ1n) is 7.86. The summed E-state index contributed by atoms with van der Waals surface area (Å²) in [6, 6.07) is 14.8. The number of hydrogen-bond donors (Lipinski definition) is 0. The molecule has 3 rings (SSSR count). The van der Waals surface area contributed by atoms with Crippen LogP contribution in [0.5, 0.6) is 5.75 Å². The number of amides is 1. The van der Waals surface area contributed by atoms with Crippen molar-refractivity contribution in [3.8, 4) is 17.1 Å². The van der Waals surface area contributed by atoms with E-state index in [0.717, 1.165) is 16.9 Å². The van der Waals surface area contributed by atoms with Crippen molar-refractivity contribution in [1.29, 1.82) is 0 Å². The van der Waals surface area contributed by atoms with Gasteiger partial charge < -0.3 is 14.2 Å². The normalized spacial score (nSPS) is 10.5. The Kier molecular flexibility index (Phi) is 4.79. The van der Waals surface area contributed by atoms with Gasteiger partial charge in [0.25, 0.3) is 5.91 Å². The highest BCUT2D eigenvalue weighted by atomic mass is 16.5. The Morgan fingerprint density at radius 2 is 1.80 bits per heavy atom. The quantitative estimate of drug-likeness (QED) is 0.714. The van der Waals surface area contributed by atoms with E-state index in [1.807, 2.05) is 55.5 Å². The van der Waals surface area contributed by atoms with Crippen LogP contribution in [-0.4, -0.2) is 35.1 Å². The Morgan fingerprint density at radius 1 is 1.12 bits per heavy atom. The smallest absolute Gasteiger partial charge is 0.254 e. The van der Waals surface area contributed by atoms with E-state index in [1.54, 1.807) is 19.1 Å². The number of aromatic nitrogens is 2. The molecule has 0 atom stereocenters. The molecule has 0 unspecified atom stereocenters. The molecule has 0 aliphatic rings. The molecule has 0 saturated carbocycles. The Hall–Kier alpha value is -3.15. The van der Waals surface area contributed by atoms with Crippen LogP contribution in [0.4, 0.5) is 0 Å². The Morgan fingerprint density at radius 3 is 2.44 bits per heavy atom. The maximum absolute atomic E-state index is 12.4. The minimum Gasteiger partial charge on any atom is -0.497 e. The first-order valence-corrected chi connectivity index (χ1v) is 7.86. The lowest BCUT2D eigenvalue weighted by Crippen LogP contribution is -2.26. The minimum atomic E-state index is -0.0933. The summed E-state index contributed by atoms with van der Waals surface area (Å²) >= 11 is 0. The van der Waals surface area contributed by atoms with E-state index >= 15 is 0 Å². The standard InChI is InChI=1S/C19H19N3O3/c1-13-4-6-15(7-5-13)19(23)22(2)12-17-20-18(21-25-17)14-8-10-16(24-3)11-9-14/h4-11H,12H2,1-3H3. The summed E-state index contributed by atoms with van der Waals surface area (Å²) in [4.78, 5) is 18.3. The predicted molar refractivity (Wildman–Crippen MR) is 93.3 cm³/mol. The van der Waals surface area contributed by atoms with Crippen LogP contribution < -0.4 is 4.74 Å². The monoisotopic (exact) mass is 337 g/mol. The van der Waals surface area contributed by atoms with Crippen LogP contribution in [0.15, 0.2) is 53.1 Å². The van der Waals surface area contributed by atoms with Gasteiger partial charge in [0, 0.05) is 18.2 Å². The van der Waals surface area contributed by atoms with E-state index in [9.17, 15) is 4.79 Å². The van der Waals surface area contributed by atoms with Gasteiger partial charge >= 0.3 is 0 Å². The number of rotatable bonds is 5. The van der Waals surface area contributed by atoms with Crippen molar-refractivity contribution < 1.29 is 14.1 Å². The second-order valence-electron chi connectivity index (χ2n) is 5.77. The van der Waals surface area contributed by atoms with Crippen molar-refractivity contribution in [1.82, 2.24) is 15.0 Å². The van der Waals surface area contributed by atoms with E-state index in [2.05, 4.69) is 10.1 Å². The average molecular weight is 337 g/mol. The molecule has 6 heteroatoms. The van der Waals surface area contributed by atoms with Crippen LogP contribution in [0, 0.1) is 6.92 Å². The SMILES string of the molecule is COc1ccc(-c2noc(CN(C)C(=O)c3ccc(C)cc3)n2)cc1. The first kappa shape index (κ1) is 16.7. The molecule has 0 aliphatic carbocycles. The molecule has 1 heterocycles. The number of carbonyl (C=O) groups is 1. The highest BCUT2D eigenvalue weighted by molar-refractivity contribution is 5.94. The third kappa shape index (κ3) is 3.85. The molecule has 0 spiro atoms. The van der Waals surface area contributed by atoms with Gasteiger partial charge in [-0.1, -0.05) is 22.9 Å². The van der Waals surface area contributed by atoms with Gasteiger partial charge in [0.15, 0.2) is 0 Å². The molecule has 3 aromatic rings. The number of aryl methyl sites for hydroxylation is 1. The van der Waals surface area contributed by atoms with Crippen molar-refractivity contribution >= 4 is 5.91 Å². The number of nitrogens with zero attached hydrogens (tertiary/aromatic N) is 3. The van der Waals surface area contributed by atoms with Crippen LogP contribution >= 0.6 is 0 Å². The van der Waals surface area contributed by atoms with Gasteiger partial charge in [0.2, 0.25) is 11.7 Å². The average Bonchev–Trinajstić information content (AvgIpc) is 3.10. The summed E-state index contributed by atoms with van der Waals surface area (Å²) in [6.07, 6.45) is 0. The van der Waals surface area contributed by atoms with Crippen LogP contribution in [-0.2, 0) is 6.54 Å². The van der Waals surface area contributed by atoms with Crippen molar-refractivity contribution in [2.24, 2.45) is 0 Å². The largest absolute Gasteiger partial charge is 0.497 e. The Labute approximate surface area is 146 Å². The molecule has 0 radical (unpaired) electrons. The van der Waals surface area contributed by atoms with E-state index in [1.165, 1.54) is 0 Å². The van der Waals surface area contributed by atoms with Gasteiger partial charge in [-0.2, -0.15) is 4.98 Å². The zero-order valence-corrected chi connectivity index (χ0v) is 14.4. The van der Waals surface area contributed by atoms with Crippen molar-refractivity contribution in [3.05, 3.63) is 65.5 Å². The highest BCUT2D eigenvalue weighted by Gasteiger charge is 2.16. The van der Waals surface area contributed by atoms with E-state index in [-0.39, 0.29) is 12.5 Å². The molecule has 0 saturated heterocycles. The van der Waals surface area contributed by atoms with Gasteiger partial charge in [-0.15, -0.1) is 0 Å². The molecule has 6 nitrogen and oxygen atoms in total. The molecule has 128 valence electrons. The fraction of sp³-hybridized carbons (Fsp3) is 0.211. The highest BCUT2D eigenvalue weighted by Crippen LogP contribution is 2.20. The van der Waals surface area contributed by atoms with Crippen molar-refractivity contribution in [2.75, 3.05) is 14.2 Å². The van der Waals surface area contributed by atoms with Crippen LogP contribution in [0.1, 0.15) is 21.8 Å². The number of hydrogen-bond acceptors (Lipinski definition) is 5. The van der Waals surface area contributed by atoms with E-state index in [0.29, 0.717) is 17.3 Å². The summed E-state index contributed by atoms with van der Waals surface area (Å²) < 4.78 is 10.4. The molecule has 0 N–H and O–H groups in total. The van der Waals surface area contributed by atoms with Crippen LogP contribution in [0.2, 0.25) is 0 Å². The summed E-state index contributed by atoms with van der Waals surface area (Å²) in [5.74, 6) is 1.53. The van der Waals surface area contributed by atoms with Gasteiger partial charge in [-0.05, 0) is 43.3 Å². The first-order chi connectivity index (χ1) is 12.1. The fourth-order valence-electron chi connectivity index (χ4n) is 2.37. The summed E-state index contributed by atoms with van der Waals surface area (Å²) in [7, 11) is 3.32. The number of ether oxygens (including phenoxy) is 1. The second kappa shape index (κ2) is 7.17. The third-order valence-corrected chi connectivity index (χ3v) is 3.83. The summed E-state index contributed by atoms with van der Waals surface area (Å²) in [6.45, 7) is 2.23. The topological polar surface area (TPSA) is 68.5 Å². The van der Waals surface area contributed by atoms with Crippen molar-refractivity contribution in [2.45, 2.75) is 13.5 Å². The zero-order valence-electron chi connectivity index (χ0n) is 14.4.